The van der Waals surface area contributed by atoms with Crippen molar-refractivity contribution in [2.45, 2.75) is 29.4 Å². The van der Waals surface area contributed by atoms with Crippen LogP contribution in [0.3, 0.4) is 0 Å². The average molecular weight is 689 g/mol. The lowest BCUT2D eigenvalue weighted by Gasteiger charge is -2.06. The molecule has 4 aromatic rings. The van der Waals surface area contributed by atoms with Crippen molar-refractivity contribution in [3.05, 3.63) is 132 Å². The van der Waals surface area contributed by atoms with E-state index in [-0.39, 0.29) is 26.9 Å². The summed E-state index contributed by atoms with van der Waals surface area (Å²) >= 11 is 11.6. The average Bonchev–Trinajstić information content (AvgIpc) is 2.93. The molecule has 228 valence electrons. The van der Waals surface area contributed by atoms with E-state index in [0.717, 1.165) is 46.1 Å². The standard InChI is InChI=1S/C14H12ClNO4S.C7H8ClN.C6H4ClNO4S/c1-10-8-11(2-7-14(10)15)9-21(19,20)13-5-3-12(4-6-13)16(17)18;1-5-4-6(9)2-3-7(5)8;7-13(11,12)6-3-1-5(2-4-6)8(9)10/h2-8H,9H2,1H3;2-4H,9H2,1H3;1-4H. The molecule has 0 bridgehead atoms. The van der Waals surface area contributed by atoms with E-state index in [1.165, 1.54) is 24.3 Å². The number of aryl methyl sites for hydroxylation is 2. The summed E-state index contributed by atoms with van der Waals surface area (Å²) < 4.78 is 46.0. The third kappa shape index (κ3) is 11.1. The second-order valence-electron chi connectivity index (χ2n) is 8.79. The smallest absolute Gasteiger partial charge is 0.269 e. The number of anilines is 1. The third-order valence-corrected chi connectivity index (χ3v) is 9.42. The van der Waals surface area contributed by atoms with Crippen molar-refractivity contribution in [2.75, 3.05) is 5.73 Å². The molecule has 0 atom stereocenters. The fraction of sp³-hybridized carbons (Fsp3) is 0.111. The van der Waals surface area contributed by atoms with Gasteiger partial charge in [-0.05, 0) is 79.1 Å². The van der Waals surface area contributed by atoms with E-state index in [1.54, 1.807) is 37.3 Å². The van der Waals surface area contributed by atoms with E-state index in [9.17, 15) is 37.1 Å². The summed E-state index contributed by atoms with van der Waals surface area (Å²) in [5, 5.41) is 22.1. The Morgan fingerprint density at radius 3 is 1.47 bits per heavy atom. The monoisotopic (exact) mass is 687 g/mol. The molecule has 4 aromatic carbocycles. The maximum absolute atomic E-state index is 12.3. The number of non-ortho nitro benzene ring substituents is 2. The molecule has 0 radical (unpaired) electrons. The molecule has 0 spiro atoms. The van der Waals surface area contributed by atoms with Gasteiger partial charge in [0.2, 0.25) is 0 Å². The van der Waals surface area contributed by atoms with E-state index in [1.807, 2.05) is 13.0 Å². The van der Waals surface area contributed by atoms with Crippen molar-refractivity contribution >= 4 is 69.8 Å². The lowest BCUT2D eigenvalue weighted by atomic mass is 10.2. The van der Waals surface area contributed by atoms with Crippen LogP contribution in [0, 0.1) is 34.1 Å². The predicted molar refractivity (Wildman–Crippen MR) is 167 cm³/mol. The molecule has 4 rings (SSSR count). The number of halogens is 3. The zero-order valence-electron chi connectivity index (χ0n) is 22.5. The van der Waals surface area contributed by atoms with E-state index in [2.05, 4.69) is 0 Å². The summed E-state index contributed by atoms with van der Waals surface area (Å²) in [7, 11) is -2.35. The predicted octanol–water partition coefficient (Wildman–Crippen LogP) is 7.28. The van der Waals surface area contributed by atoms with Crippen molar-refractivity contribution in [2.24, 2.45) is 0 Å². The Bertz CT molecular complexity index is 1830. The molecule has 43 heavy (non-hydrogen) atoms. The molecule has 2 N–H and O–H groups in total. The van der Waals surface area contributed by atoms with Crippen LogP contribution in [0.4, 0.5) is 17.1 Å². The fourth-order valence-electron chi connectivity index (χ4n) is 3.27. The normalized spacial score (nSPS) is 10.9. The lowest BCUT2D eigenvalue weighted by molar-refractivity contribution is -0.385. The number of nitro groups is 2. The zero-order chi connectivity index (χ0) is 32.5. The van der Waals surface area contributed by atoms with Crippen molar-refractivity contribution in [1.29, 1.82) is 0 Å². The van der Waals surface area contributed by atoms with Gasteiger partial charge in [0.25, 0.3) is 20.4 Å². The molecule has 0 unspecified atom stereocenters. The van der Waals surface area contributed by atoms with E-state index in [4.69, 9.17) is 39.6 Å². The van der Waals surface area contributed by atoms with E-state index < -0.39 is 28.7 Å². The van der Waals surface area contributed by atoms with Crippen LogP contribution in [0.2, 0.25) is 10.0 Å². The highest BCUT2D eigenvalue weighted by Gasteiger charge is 2.17. The maximum Gasteiger partial charge on any atom is 0.269 e. The molecule has 0 amide bonds. The van der Waals surface area contributed by atoms with Crippen LogP contribution < -0.4 is 5.73 Å². The van der Waals surface area contributed by atoms with Crippen molar-refractivity contribution in [3.8, 4) is 0 Å². The van der Waals surface area contributed by atoms with E-state index >= 15 is 0 Å². The minimum absolute atomic E-state index is 0.0562. The summed E-state index contributed by atoms with van der Waals surface area (Å²) in [6, 6.07) is 19.6. The van der Waals surface area contributed by atoms with Crippen molar-refractivity contribution in [3.63, 3.8) is 0 Å². The fourth-order valence-corrected chi connectivity index (χ4v) is 5.61. The first-order valence-electron chi connectivity index (χ1n) is 11.8. The van der Waals surface area contributed by atoms with Crippen LogP contribution >= 0.6 is 33.9 Å². The van der Waals surface area contributed by atoms with Crippen LogP contribution in [0.25, 0.3) is 0 Å². The molecule has 16 heteroatoms. The maximum atomic E-state index is 12.3. The molecule has 0 saturated heterocycles. The molecule has 0 aliphatic rings. The Morgan fingerprint density at radius 1 is 0.674 bits per heavy atom. The first-order chi connectivity index (χ1) is 19.9. The Kier molecular flexibility index (Phi) is 12.5. The molecule has 0 heterocycles. The summed E-state index contributed by atoms with van der Waals surface area (Å²) in [6.07, 6.45) is 0. The summed E-state index contributed by atoms with van der Waals surface area (Å²) in [6.45, 7) is 3.73. The van der Waals surface area contributed by atoms with Gasteiger partial charge in [0.05, 0.1) is 25.4 Å². The molecular weight excluding hydrogens is 665 g/mol. The minimum Gasteiger partial charge on any atom is -0.399 e. The van der Waals surface area contributed by atoms with Gasteiger partial charge in [-0.15, -0.1) is 0 Å². The molecule has 0 saturated carbocycles. The number of rotatable bonds is 6. The quantitative estimate of drug-likeness (QED) is 0.0942. The van der Waals surface area contributed by atoms with Gasteiger partial charge in [0, 0.05) is 50.7 Å². The second kappa shape index (κ2) is 15.1. The molecule has 11 nitrogen and oxygen atoms in total. The Labute approximate surface area is 262 Å². The van der Waals surface area contributed by atoms with Crippen LogP contribution in [-0.2, 0) is 24.6 Å². The number of hydrogen-bond donors (Lipinski definition) is 1. The first-order valence-corrected chi connectivity index (χ1v) is 16.6. The van der Waals surface area contributed by atoms with E-state index in [0.29, 0.717) is 10.6 Å². The zero-order valence-corrected chi connectivity index (χ0v) is 26.4. The highest BCUT2D eigenvalue weighted by atomic mass is 35.7. The van der Waals surface area contributed by atoms with Crippen LogP contribution in [-0.4, -0.2) is 26.7 Å². The van der Waals surface area contributed by atoms with Gasteiger partial charge in [-0.2, -0.15) is 0 Å². The number of sulfone groups is 1. The van der Waals surface area contributed by atoms with Crippen LogP contribution in [0.5, 0.6) is 0 Å². The van der Waals surface area contributed by atoms with Crippen molar-refractivity contribution < 1.29 is 26.7 Å². The number of benzene rings is 4. The van der Waals surface area contributed by atoms with Crippen molar-refractivity contribution in [1.82, 2.24) is 0 Å². The van der Waals surface area contributed by atoms with Gasteiger partial charge in [-0.3, -0.25) is 20.2 Å². The summed E-state index contributed by atoms with van der Waals surface area (Å²) in [5.41, 5.74) is 8.36. The minimum atomic E-state index is -3.80. The highest BCUT2D eigenvalue weighted by Crippen LogP contribution is 2.23. The van der Waals surface area contributed by atoms with Gasteiger partial charge in [0.15, 0.2) is 9.84 Å². The molecule has 0 aliphatic carbocycles. The van der Waals surface area contributed by atoms with Gasteiger partial charge in [0.1, 0.15) is 0 Å². The summed E-state index contributed by atoms with van der Waals surface area (Å²) in [4.78, 5) is 19.5. The molecule has 0 fully saturated rings. The van der Waals surface area contributed by atoms with Gasteiger partial charge < -0.3 is 5.73 Å². The number of nitrogen functional groups attached to an aromatic ring is 1. The summed E-state index contributed by atoms with van der Waals surface area (Å²) in [5.74, 6) is -0.178. The lowest BCUT2D eigenvalue weighted by Crippen LogP contribution is -2.05. The van der Waals surface area contributed by atoms with Gasteiger partial charge >= 0.3 is 0 Å². The highest BCUT2D eigenvalue weighted by molar-refractivity contribution is 8.13. The molecular formula is C27H24Cl3N3O8S2. The second-order valence-corrected chi connectivity index (χ2v) is 14.2. The number of nitro benzene ring substituents is 2. The Balaban J connectivity index is 0.000000249. The third-order valence-electron chi connectivity index (χ3n) is 5.50. The number of nitrogens with two attached hydrogens (primary N) is 1. The Morgan fingerprint density at radius 2 is 1.09 bits per heavy atom. The van der Waals surface area contributed by atoms with Crippen LogP contribution in [0.1, 0.15) is 16.7 Å². The first kappa shape index (κ1) is 35.4. The van der Waals surface area contributed by atoms with Crippen LogP contribution in [0.15, 0.2) is 94.7 Å². The molecule has 0 aromatic heterocycles. The van der Waals surface area contributed by atoms with Gasteiger partial charge in [-0.25, -0.2) is 16.8 Å². The molecule has 0 aliphatic heterocycles. The number of hydrogen-bond acceptors (Lipinski definition) is 9. The largest absolute Gasteiger partial charge is 0.399 e. The SMILES string of the molecule is Cc1cc(CS(=O)(=O)c2ccc([N+](=O)[O-])cc2)ccc1Cl.Cc1cc(N)ccc1Cl.O=[N+]([O-])c1ccc(S(=O)(=O)Cl)cc1. The Hall–Kier alpha value is -3.75. The topological polar surface area (TPSA) is 181 Å². The van der Waals surface area contributed by atoms with Gasteiger partial charge in [-0.1, -0.05) is 35.3 Å². The number of nitrogens with zero attached hydrogens (tertiary/aromatic N) is 2.